The van der Waals surface area contributed by atoms with Crippen molar-refractivity contribution in [2.75, 3.05) is 25.2 Å². The second-order valence-corrected chi connectivity index (χ2v) is 4.42. The van der Waals surface area contributed by atoms with Crippen molar-refractivity contribution in [1.29, 1.82) is 0 Å². The number of hydrogen-bond donors (Lipinski definition) is 1. The zero-order valence-electron chi connectivity index (χ0n) is 11.1. The van der Waals surface area contributed by atoms with E-state index < -0.39 is 0 Å². The van der Waals surface area contributed by atoms with Crippen molar-refractivity contribution >= 4 is 5.82 Å². The Morgan fingerprint density at radius 3 is 2.65 bits per heavy atom. The molecule has 1 heterocycles. The van der Waals surface area contributed by atoms with Crippen LogP contribution >= 0.6 is 0 Å². The lowest BCUT2D eigenvalue weighted by atomic mass is 10.2. The molecule has 0 unspecified atom stereocenters. The molecule has 0 saturated heterocycles. The minimum atomic E-state index is 0.0356. The number of ether oxygens (including phenoxy) is 1. The Bertz CT molecular complexity index is 353. The monoisotopic (exact) mass is 238 g/mol. The lowest BCUT2D eigenvalue weighted by Crippen LogP contribution is -2.35. The quantitative estimate of drug-likeness (QED) is 0.820. The summed E-state index contributed by atoms with van der Waals surface area (Å²) in [6, 6.07) is 2.35. The first-order chi connectivity index (χ1) is 8.10. The summed E-state index contributed by atoms with van der Waals surface area (Å²) in [4.78, 5) is 6.64. The van der Waals surface area contributed by atoms with Crippen LogP contribution in [0.25, 0.3) is 0 Å². The van der Waals surface area contributed by atoms with E-state index in [2.05, 4.69) is 23.7 Å². The van der Waals surface area contributed by atoms with E-state index in [1.165, 1.54) is 0 Å². The fraction of sp³-hybridized carbons (Fsp3) is 0.615. The minimum Gasteiger partial charge on any atom is -0.392 e. The van der Waals surface area contributed by atoms with Gasteiger partial charge in [0.1, 0.15) is 5.82 Å². The third-order valence-electron chi connectivity index (χ3n) is 2.72. The van der Waals surface area contributed by atoms with Gasteiger partial charge in [-0.2, -0.15) is 0 Å². The second-order valence-electron chi connectivity index (χ2n) is 4.42. The van der Waals surface area contributed by atoms with E-state index in [0.29, 0.717) is 12.6 Å². The molecule has 0 bridgehead atoms. The maximum Gasteiger partial charge on any atom is 0.131 e. The molecule has 0 atom stereocenters. The first-order valence-electron chi connectivity index (χ1n) is 5.92. The molecule has 0 aliphatic rings. The smallest absolute Gasteiger partial charge is 0.131 e. The molecule has 0 fully saturated rings. The highest BCUT2D eigenvalue weighted by atomic mass is 16.5. The summed E-state index contributed by atoms with van der Waals surface area (Å²) in [6.45, 7) is 7.83. The molecule has 4 nitrogen and oxygen atoms in total. The average Bonchev–Trinajstić information content (AvgIpc) is 2.30. The molecule has 4 heteroatoms. The third kappa shape index (κ3) is 3.68. The molecule has 1 aromatic heterocycles. The summed E-state index contributed by atoms with van der Waals surface area (Å²) in [5, 5.41) is 9.07. The van der Waals surface area contributed by atoms with Crippen LogP contribution in [-0.4, -0.2) is 36.4 Å². The number of pyridine rings is 1. The summed E-state index contributed by atoms with van der Waals surface area (Å²) in [7, 11) is 1.70. The van der Waals surface area contributed by atoms with Crippen LogP contribution in [-0.2, 0) is 11.3 Å². The van der Waals surface area contributed by atoms with Gasteiger partial charge in [0.15, 0.2) is 0 Å². The first kappa shape index (κ1) is 13.9. The van der Waals surface area contributed by atoms with E-state index in [4.69, 9.17) is 9.84 Å². The van der Waals surface area contributed by atoms with E-state index in [0.717, 1.165) is 23.5 Å². The molecule has 0 amide bonds. The molecule has 1 aromatic rings. The Hall–Kier alpha value is -1.13. The van der Waals surface area contributed by atoms with Crippen molar-refractivity contribution in [3.05, 3.63) is 23.4 Å². The second kappa shape index (κ2) is 6.57. The van der Waals surface area contributed by atoms with E-state index in [-0.39, 0.29) is 6.61 Å². The normalized spacial score (nSPS) is 10.9. The van der Waals surface area contributed by atoms with Gasteiger partial charge in [-0.05, 0) is 38.0 Å². The van der Waals surface area contributed by atoms with Crippen LogP contribution in [0, 0.1) is 6.92 Å². The molecular weight excluding hydrogens is 216 g/mol. The van der Waals surface area contributed by atoms with Gasteiger partial charge in [-0.3, -0.25) is 0 Å². The lowest BCUT2D eigenvalue weighted by Gasteiger charge is -2.29. The Balaban J connectivity index is 2.93. The molecule has 1 N–H and O–H groups in total. The maximum atomic E-state index is 9.07. The average molecular weight is 238 g/mol. The Morgan fingerprint density at radius 1 is 1.47 bits per heavy atom. The zero-order valence-corrected chi connectivity index (χ0v) is 11.1. The van der Waals surface area contributed by atoms with Crippen LogP contribution < -0.4 is 4.90 Å². The largest absolute Gasteiger partial charge is 0.392 e. The predicted molar refractivity (Wildman–Crippen MR) is 69.3 cm³/mol. The molecule has 1 rings (SSSR count). The number of aliphatic hydroxyl groups excluding tert-OH is 1. The lowest BCUT2D eigenvalue weighted by molar-refractivity contribution is 0.203. The number of aromatic nitrogens is 1. The Labute approximate surface area is 103 Å². The number of anilines is 1. The van der Waals surface area contributed by atoms with E-state index in [9.17, 15) is 0 Å². The highest BCUT2D eigenvalue weighted by Crippen LogP contribution is 2.20. The maximum absolute atomic E-state index is 9.07. The fourth-order valence-electron chi connectivity index (χ4n) is 1.81. The molecular formula is C13H22N2O2. The van der Waals surface area contributed by atoms with Gasteiger partial charge >= 0.3 is 0 Å². The van der Waals surface area contributed by atoms with E-state index >= 15 is 0 Å². The Morgan fingerprint density at radius 2 is 2.18 bits per heavy atom. The summed E-state index contributed by atoms with van der Waals surface area (Å²) >= 11 is 0. The number of rotatable bonds is 6. The minimum absolute atomic E-state index is 0.0356. The molecule has 0 saturated carbocycles. The molecule has 0 radical (unpaired) electrons. The van der Waals surface area contributed by atoms with Crippen LogP contribution in [0.2, 0.25) is 0 Å². The number of methoxy groups -OCH3 is 1. The van der Waals surface area contributed by atoms with Gasteiger partial charge in [0, 0.05) is 25.9 Å². The molecule has 0 aliphatic carbocycles. The zero-order chi connectivity index (χ0) is 12.8. The summed E-state index contributed by atoms with van der Waals surface area (Å²) < 4.78 is 5.12. The van der Waals surface area contributed by atoms with Gasteiger partial charge in [-0.15, -0.1) is 0 Å². The van der Waals surface area contributed by atoms with Crippen molar-refractivity contribution in [2.45, 2.75) is 33.4 Å². The van der Waals surface area contributed by atoms with E-state index in [1.807, 2.05) is 13.0 Å². The number of aliphatic hydroxyl groups is 1. The molecule has 96 valence electrons. The van der Waals surface area contributed by atoms with Crippen LogP contribution in [0.5, 0.6) is 0 Å². The topological polar surface area (TPSA) is 45.6 Å². The fourth-order valence-corrected chi connectivity index (χ4v) is 1.81. The number of aryl methyl sites for hydroxylation is 1. The van der Waals surface area contributed by atoms with Gasteiger partial charge in [-0.25, -0.2) is 4.98 Å². The summed E-state index contributed by atoms with van der Waals surface area (Å²) in [5.41, 5.74) is 1.93. The van der Waals surface area contributed by atoms with Gasteiger partial charge in [-0.1, -0.05) is 0 Å². The first-order valence-corrected chi connectivity index (χ1v) is 5.92. The summed E-state index contributed by atoms with van der Waals surface area (Å²) in [6.07, 6.45) is 1.73. The highest BCUT2D eigenvalue weighted by molar-refractivity contribution is 5.48. The molecule has 0 aromatic carbocycles. The van der Waals surface area contributed by atoms with Crippen molar-refractivity contribution in [1.82, 2.24) is 4.98 Å². The van der Waals surface area contributed by atoms with Crippen molar-refractivity contribution in [3.63, 3.8) is 0 Å². The van der Waals surface area contributed by atoms with Crippen molar-refractivity contribution < 1.29 is 9.84 Å². The molecule has 0 spiro atoms. The number of hydrogen-bond acceptors (Lipinski definition) is 4. The standard InChI is InChI=1S/C13H22N2O2/c1-10(2)15(5-6-17-4)13-11(3)7-12(9-16)8-14-13/h7-8,10,16H,5-6,9H2,1-4H3. The van der Waals surface area contributed by atoms with Crippen molar-refractivity contribution in [2.24, 2.45) is 0 Å². The van der Waals surface area contributed by atoms with Crippen LogP contribution in [0.15, 0.2) is 12.3 Å². The van der Waals surface area contributed by atoms with Crippen LogP contribution in [0.3, 0.4) is 0 Å². The van der Waals surface area contributed by atoms with E-state index in [1.54, 1.807) is 13.3 Å². The van der Waals surface area contributed by atoms with Gasteiger partial charge < -0.3 is 14.7 Å². The van der Waals surface area contributed by atoms with Gasteiger partial charge in [0.05, 0.1) is 13.2 Å². The summed E-state index contributed by atoms with van der Waals surface area (Å²) in [5.74, 6) is 0.967. The van der Waals surface area contributed by atoms with Crippen LogP contribution in [0.4, 0.5) is 5.82 Å². The van der Waals surface area contributed by atoms with Crippen molar-refractivity contribution in [3.8, 4) is 0 Å². The highest BCUT2D eigenvalue weighted by Gasteiger charge is 2.14. The van der Waals surface area contributed by atoms with Crippen LogP contribution in [0.1, 0.15) is 25.0 Å². The van der Waals surface area contributed by atoms with Gasteiger partial charge in [0.25, 0.3) is 0 Å². The third-order valence-corrected chi connectivity index (χ3v) is 2.72. The SMILES string of the molecule is COCCN(c1ncc(CO)cc1C)C(C)C. The predicted octanol–water partition coefficient (Wildman–Crippen LogP) is 1.74. The van der Waals surface area contributed by atoms with Gasteiger partial charge in [0.2, 0.25) is 0 Å². The Kier molecular flexibility index (Phi) is 5.38. The molecule has 17 heavy (non-hydrogen) atoms. The molecule has 0 aliphatic heterocycles. The number of nitrogens with zero attached hydrogens (tertiary/aromatic N) is 2.